The molecule has 0 aromatic heterocycles. The molecular formula is C13H18INO. The summed E-state index contributed by atoms with van der Waals surface area (Å²) in [5.41, 5.74) is 5.49. The Kier molecular flexibility index (Phi) is 3.84. The van der Waals surface area contributed by atoms with Crippen molar-refractivity contribution < 1.29 is 4.79 Å². The SMILES string of the molecule is CC[C@@H]1CI(c2ccccc2)CC1C(N)=O. The van der Waals surface area contributed by atoms with Crippen molar-refractivity contribution in [3.05, 3.63) is 33.9 Å². The summed E-state index contributed by atoms with van der Waals surface area (Å²) >= 11 is -1.11. The molecule has 16 heavy (non-hydrogen) atoms. The summed E-state index contributed by atoms with van der Waals surface area (Å²) in [4.78, 5) is 11.4. The van der Waals surface area contributed by atoms with Crippen molar-refractivity contribution in [3.63, 3.8) is 0 Å². The van der Waals surface area contributed by atoms with E-state index in [9.17, 15) is 4.79 Å². The van der Waals surface area contributed by atoms with Crippen LogP contribution in [0.2, 0.25) is 0 Å². The van der Waals surface area contributed by atoms with Gasteiger partial charge in [0.2, 0.25) is 0 Å². The molecule has 2 nitrogen and oxygen atoms in total. The molecule has 0 spiro atoms. The third-order valence-electron chi connectivity index (χ3n) is 3.24. The van der Waals surface area contributed by atoms with Gasteiger partial charge in [0.25, 0.3) is 0 Å². The van der Waals surface area contributed by atoms with Crippen LogP contribution in [0.15, 0.2) is 30.3 Å². The van der Waals surface area contributed by atoms with E-state index in [0.717, 1.165) is 10.8 Å². The molecule has 1 amide bonds. The van der Waals surface area contributed by atoms with Gasteiger partial charge in [0, 0.05) is 0 Å². The van der Waals surface area contributed by atoms with Crippen molar-refractivity contribution in [2.24, 2.45) is 17.6 Å². The summed E-state index contributed by atoms with van der Waals surface area (Å²) in [5.74, 6) is 0.612. The molecule has 1 aromatic carbocycles. The van der Waals surface area contributed by atoms with Crippen LogP contribution in [-0.2, 0) is 4.79 Å². The zero-order valence-corrected chi connectivity index (χ0v) is 11.7. The van der Waals surface area contributed by atoms with Crippen molar-refractivity contribution in [3.8, 4) is 0 Å². The molecule has 1 saturated heterocycles. The number of hydrogen-bond acceptors (Lipinski definition) is 1. The number of nitrogens with two attached hydrogens (primary N) is 1. The predicted octanol–water partition coefficient (Wildman–Crippen LogP) is 2.50. The average Bonchev–Trinajstić information content (AvgIpc) is 2.74. The van der Waals surface area contributed by atoms with E-state index in [0.29, 0.717) is 5.92 Å². The van der Waals surface area contributed by atoms with Gasteiger partial charge in [0.1, 0.15) is 0 Å². The number of hydrogen-bond donors (Lipinski definition) is 1. The molecule has 1 aliphatic heterocycles. The summed E-state index contributed by atoms with van der Waals surface area (Å²) in [6.07, 6.45) is 1.09. The van der Waals surface area contributed by atoms with E-state index in [1.165, 1.54) is 8.00 Å². The van der Waals surface area contributed by atoms with Gasteiger partial charge in [-0.1, -0.05) is 0 Å². The van der Waals surface area contributed by atoms with Crippen LogP contribution in [0.1, 0.15) is 13.3 Å². The summed E-state index contributed by atoms with van der Waals surface area (Å²) in [5, 5.41) is 0. The van der Waals surface area contributed by atoms with Crippen LogP contribution < -0.4 is 5.73 Å². The molecule has 1 fully saturated rings. The first-order valence-electron chi connectivity index (χ1n) is 5.68. The normalized spacial score (nSPS) is 26.9. The summed E-state index contributed by atoms with van der Waals surface area (Å²) in [7, 11) is 0. The Morgan fingerprint density at radius 2 is 2.06 bits per heavy atom. The zero-order chi connectivity index (χ0) is 11.5. The van der Waals surface area contributed by atoms with E-state index in [-0.39, 0.29) is 11.8 Å². The van der Waals surface area contributed by atoms with Crippen molar-refractivity contribution in [1.29, 1.82) is 0 Å². The molecule has 1 heterocycles. The molecule has 3 heteroatoms. The number of amides is 1. The van der Waals surface area contributed by atoms with Gasteiger partial charge in [-0.15, -0.1) is 0 Å². The fourth-order valence-electron chi connectivity index (χ4n) is 2.21. The van der Waals surface area contributed by atoms with E-state index in [1.807, 2.05) is 0 Å². The second kappa shape index (κ2) is 5.17. The van der Waals surface area contributed by atoms with Crippen LogP contribution >= 0.6 is 19.8 Å². The second-order valence-corrected chi connectivity index (χ2v) is 9.85. The van der Waals surface area contributed by atoms with Gasteiger partial charge >= 0.3 is 104 Å². The first kappa shape index (κ1) is 11.9. The predicted molar refractivity (Wildman–Crippen MR) is 75.4 cm³/mol. The molecule has 1 aromatic rings. The first-order chi connectivity index (χ1) is 7.72. The number of primary amides is 1. The van der Waals surface area contributed by atoms with E-state index >= 15 is 0 Å². The molecule has 0 bridgehead atoms. The number of carbonyl (C=O) groups excluding carboxylic acids is 1. The van der Waals surface area contributed by atoms with Gasteiger partial charge in [0.05, 0.1) is 0 Å². The standard InChI is InChI=1S/C13H18INO/c1-2-10-8-14(9-12(10)13(15)16)11-6-4-3-5-7-11/h3-7,10,12H,2,8-9H2,1H3,(H2,15,16)/t10-,12?/m1/s1. The third kappa shape index (κ3) is 2.39. The summed E-state index contributed by atoms with van der Waals surface area (Å²) in [6.45, 7) is 2.17. The molecule has 0 radical (unpaired) electrons. The Balaban J connectivity index is 2.14. The Morgan fingerprint density at radius 3 is 2.56 bits per heavy atom. The maximum absolute atomic E-state index is 11.4. The molecule has 2 atom stereocenters. The molecule has 2 N–H and O–H groups in total. The van der Waals surface area contributed by atoms with Crippen molar-refractivity contribution in [2.45, 2.75) is 13.3 Å². The average molecular weight is 331 g/mol. The van der Waals surface area contributed by atoms with Gasteiger partial charge in [-0.3, -0.25) is 0 Å². The van der Waals surface area contributed by atoms with Crippen molar-refractivity contribution in [2.75, 3.05) is 8.86 Å². The van der Waals surface area contributed by atoms with Crippen LogP contribution in [0.4, 0.5) is 0 Å². The zero-order valence-electron chi connectivity index (χ0n) is 9.53. The fourth-order valence-corrected chi connectivity index (χ4v) is 9.92. The van der Waals surface area contributed by atoms with Crippen LogP contribution in [0, 0.1) is 15.4 Å². The van der Waals surface area contributed by atoms with Gasteiger partial charge in [-0.25, -0.2) is 0 Å². The Labute approximate surface area is 104 Å². The van der Waals surface area contributed by atoms with E-state index < -0.39 is 19.8 Å². The van der Waals surface area contributed by atoms with Crippen LogP contribution in [0.25, 0.3) is 0 Å². The molecule has 1 aliphatic rings. The van der Waals surface area contributed by atoms with Crippen LogP contribution in [0.5, 0.6) is 0 Å². The Morgan fingerprint density at radius 1 is 1.38 bits per heavy atom. The number of halogens is 1. The van der Waals surface area contributed by atoms with Gasteiger partial charge < -0.3 is 0 Å². The minimum absolute atomic E-state index is 0.0809. The molecule has 0 aliphatic carbocycles. The number of benzene rings is 1. The second-order valence-electron chi connectivity index (χ2n) is 4.24. The molecule has 88 valence electrons. The number of alkyl halides is 2. The van der Waals surface area contributed by atoms with E-state index in [1.54, 1.807) is 0 Å². The fraction of sp³-hybridized carbons (Fsp3) is 0.462. The van der Waals surface area contributed by atoms with Gasteiger partial charge in [0.15, 0.2) is 0 Å². The third-order valence-corrected chi connectivity index (χ3v) is 9.92. The van der Waals surface area contributed by atoms with Crippen LogP contribution in [0.3, 0.4) is 0 Å². The quantitative estimate of drug-likeness (QED) is 0.671. The summed E-state index contributed by atoms with van der Waals surface area (Å²) in [6, 6.07) is 10.7. The molecule has 0 saturated carbocycles. The first-order valence-corrected chi connectivity index (χ1v) is 9.81. The molecular weight excluding hydrogens is 313 g/mol. The van der Waals surface area contributed by atoms with E-state index in [4.69, 9.17) is 5.73 Å². The number of carbonyl (C=O) groups is 1. The maximum atomic E-state index is 11.4. The van der Waals surface area contributed by atoms with Gasteiger partial charge in [-0.2, -0.15) is 0 Å². The Hall–Kier alpha value is -0.580. The molecule has 2 rings (SSSR count). The van der Waals surface area contributed by atoms with Crippen LogP contribution in [-0.4, -0.2) is 14.8 Å². The molecule has 1 unspecified atom stereocenters. The van der Waals surface area contributed by atoms with Crippen molar-refractivity contribution in [1.82, 2.24) is 0 Å². The number of rotatable bonds is 3. The van der Waals surface area contributed by atoms with Crippen molar-refractivity contribution >= 4 is 25.7 Å². The van der Waals surface area contributed by atoms with E-state index in [2.05, 4.69) is 37.3 Å². The monoisotopic (exact) mass is 331 g/mol. The Bertz CT molecular complexity index is 365. The summed E-state index contributed by atoms with van der Waals surface area (Å²) < 4.78 is 3.86. The van der Waals surface area contributed by atoms with Gasteiger partial charge in [-0.05, 0) is 0 Å². The minimum atomic E-state index is -1.11. The topological polar surface area (TPSA) is 43.1 Å².